The molecule has 0 aliphatic heterocycles. The fraction of sp³-hybridized carbons (Fsp3) is 0.0200. The molecular weight excluding hydrogens is 693 g/mol. The Balaban J connectivity index is 1.80. The topological polar surface area (TPSA) is 0 Å². The van der Waals surface area contributed by atoms with E-state index in [4.69, 9.17) is 0 Å². The van der Waals surface area contributed by atoms with Gasteiger partial charge in [0, 0.05) is 6.89 Å². The lowest BCUT2D eigenvalue weighted by Gasteiger charge is -2.41. The highest BCUT2D eigenvalue weighted by molar-refractivity contribution is 8.39. The number of benzene rings is 8. The summed E-state index contributed by atoms with van der Waals surface area (Å²) in [4.78, 5) is 0. The van der Waals surface area contributed by atoms with Gasteiger partial charge in [0.2, 0.25) is 4.78 Å². The van der Waals surface area contributed by atoms with E-state index in [1.165, 1.54) is 42.4 Å². The molecule has 0 saturated heterocycles. The fourth-order valence-electron chi connectivity index (χ4n) is 8.15. The van der Waals surface area contributed by atoms with E-state index in [-0.39, 0.29) is 0 Å². The Morgan fingerprint density at radius 1 is 0.264 bits per heavy atom. The molecule has 0 unspecified atom stereocenters. The lowest BCUT2D eigenvalue weighted by atomic mass is 10.4. The molecule has 8 aromatic rings. The van der Waals surface area contributed by atoms with E-state index < -0.39 is 21.4 Å². The molecule has 0 N–H and O–H groups in total. The zero-order valence-electron chi connectivity index (χ0n) is 29.9. The van der Waals surface area contributed by atoms with Crippen LogP contribution in [0.5, 0.6) is 0 Å². The number of hydrogen-bond donors (Lipinski definition) is 0. The summed E-state index contributed by atoms with van der Waals surface area (Å²) in [7, 11) is -5.44. The summed E-state index contributed by atoms with van der Waals surface area (Å²) in [5.41, 5.74) is 0. The van der Waals surface area contributed by atoms with Crippen molar-refractivity contribution in [1.29, 1.82) is 0 Å². The summed E-state index contributed by atoms with van der Waals surface area (Å²) in [6.45, 7) is 0.134. The van der Waals surface area contributed by atoms with Gasteiger partial charge < -0.3 is 0 Å². The first-order chi connectivity index (χ1) is 26.2. The normalized spacial score (nSPS) is 11.9. The van der Waals surface area contributed by atoms with Crippen LogP contribution < -0.4 is 42.4 Å². The first-order valence-corrected chi connectivity index (χ1v) is 24.0. The van der Waals surface area contributed by atoms with Crippen molar-refractivity contribution >= 4 is 68.6 Å². The van der Waals surface area contributed by atoms with Crippen molar-refractivity contribution in [3.8, 4) is 0 Å². The Labute approximate surface area is 316 Å². The van der Waals surface area contributed by atoms with Gasteiger partial charge in [0.25, 0.3) is 0 Å². The summed E-state index contributed by atoms with van der Waals surface area (Å²) in [6.07, 6.45) is 0. The van der Waals surface area contributed by atoms with Crippen LogP contribution in [0.15, 0.2) is 243 Å². The molecule has 8 aromatic carbocycles. The Kier molecular flexibility index (Phi) is 10.2. The molecule has 0 heterocycles. The van der Waals surface area contributed by atoms with E-state index >= 15 is 0 Å². The lowest BCUT2D eigenvalue weighted by Crippen LogP contribution is -2.46. The third kappa shape index (κ3) is 6.07. The molecule has 0 amide bonds. The SMILES string of the molecule is CP(=C([P+](c1ccccc1)(c1ccccc1)c1ccccc1)[P+](c1ccccc1)(c1ccccc1)c1ccccc1)(c1ccccc1)c1ccccc1. The van der Waals surface area contributed by atoms with Gasteiger partial charge in [0.15, 0.2) is 14.5 Å². The maximum atomic E-state index is 2.64. The van der Waals surface area contributed by atoms with Crippen LogP contribution in [0.3, 0.4) is 0 Å². The second-order valence-corrected chi connectivity index (χ2v) is 24.6. The summed E-state index contributed by atoms with van der Waals surface area (Å²) in [5.74, 6) is 0. The molecule has 0 aromatic heterocycles. The monoisotopic (exact) mass is 736 g/mol. The molecule has 53 heavy (non-hydrogen) atoms. The maximum Gasteiger partial charge on any atom is 0.233 e. The van der Waals surface area contributed by atoms with E-state index in [2.05, 4.69) is 249 Å². The predicted molar refractivity (Wildman–Crippen MR) is 240 cm³/mol. The molecular formula is C50H43P3+2. The Morgan fingerprint density at radius 2 is 0.434 bits per heavy atom. The van der Waals surface area contributed by atoms with Crippen molar-refractivity contribution in [2.24, 2.45) is 0 Å². The van der Waals surface area contributed by atoms with Crippen LogP contribution >= 0.6 is 21.4 Å². The number of hydrogen-bond acceptors (Lipinski definition) is 0. The van der Waals surface area contributed by atoms with Gasteiger partial charge in [-0.3, -0.25) is 0 Å². The van der Waals surface area contributed by atoms with E-state index in [1.54, 1.807) is 4.78 Å². The van der Waals surface area contributed by atoms with Crippen molar-refractivity contribution in [3.63, 3.8) is 0 Å². The molecule has 0 spiro atoms. The third-order valence-corrected chi connectivity index (χ3v) is 27.5. The van der Waals surface area contributed by atoms with Gasteiger partial charge in [-0.15, -0.1) is 0 Å². The van der Waals surface area contributed by atoms with E-state index in [1.807, 2.05) is 0 Å². The first kappa shape index (κ1) is 35.0. The van der Waals surface area contributed by atoms with Crippen molar-refractivity contribution in [1.82, 2.24) is 0 Å². The average Bonchev–Trinajstić information content (AvgIpc) is 3.26. The Morgan fingerprint density at radius 3 is 0.623 bits per heavy atom. The minimum Gasteiger partial charge on any atom is -0.0622 e. The standard InChI is InChI=1S/C50H43P3/c1-51(42-26-10-2-11-27-42,43-28-12-3-13-29-43)50(52(44-30-14-4-15-31-44,45-32-16-5-17-33-45)46-34-18-6-19-35-46)53(47-36-20-7-21-37-47,48-38-22-8-23-39-48)49-40-24-9-25-41-49/h2-41H,1H3/q+2. The van der Waals surface area contributed by atoms with Crippen molar-refractivity contribution in [2.75, 3.05) is 6.66 Å². The molecule has 0 aliphatic rings. The van der Waals surface area contributed by atoms with Crippen LogP contribution in [0.4, 0.5) is 0 Å². The zero-order valence-corrected chi connectivity index (χ0v) is 32.6. The largest absolute Gasteiger partial charge is 0.233 e. The summed E-state index contributed by atoms with van der Waals surface area (Å²) >= 11 is 0. The smallest absolute Gasteiger partial charge is 0.0622 e. The van der Waals surface area contributed by atoms with Crippen LogP contribution in [0.2, 0.25) is 0 Å². The summed E-state index contributed by atoms with van der Waals surface area (Å²) in [5, 5.41) is 11.0. The summed E-state index contributed by atoms with van der Waals surface area (Å²) < 4.78 is 1.65. The molecule has 0 saturated carbocycles. The molecule has 0 atom stereocenters. The van der Waals surface area contributed by atoms with Crippen LogP contribution in [0.25, 0.3) is 0 Å². The average molecular weight is 737 g/mol. The van der Waals surface area contributed by atoms with Gasteiger partial charge in [-0.1, -0.05) is 170 Å². The molecule has 3 heteroatoms. The molecule has 0 aliphatic carbocycles. The quantitative estimate of drug-likeness (QED) is 0.123. The molecule has 0 bridgehead atoms. The number of rotatable bonds is 10. The van der Waals surface area contributed by atoms with Crippen LogP contribution in [0, 0.1) is 0 Å². The highest BCUT2D eigenvalue weighted by Crippen LogP contribution is 2.79. The van der Waals surface area contributed by atoms with Crippen LogP contribution in [0.1, 0.15) is 0 Å². The summed E-state index contributed by atoms with van der Waals surface area (Å²) in [6, 6.07) is 92.0. The van der Waals surface area contributed by atoms with Gasteiger partial charge in [0.1, 0.15) is 31.8 Å². The third-order valence-electron chi connectivity index (χ3n) is 10.4. The van der Waals surface area contributed by atoms with Gasteiger partial charge >= 0.3 is 0 Å². The second kappa shape index (κ2) is 15.5. The Hall–Kier alpha value is -5.08. The van der Waals surface area contributed by atoms with E-state index in [0.717, 1.165) is 0 Å². The van der Waals surface area contributed by atoms with Gasteiger partial charge in [-0.2, -0.15) is 0 Å². The highest BCUT2D eigenvalue weighted by atomic mass is 31.3. The lowest BCUT2D eigenvalue weighted by molar-refractivity contribution is 1.72. The van der Waals surface area contributed by atoms with Crippen LogP contribution in [-0.4, -0.2) is 11.4 Å². The zero-order chi connectivity index (χ0) is 36.0. The van der Waals surface area contributed by atoms with E-state index in [0.29, 0.717) is 0 Å². The second-order valence-electron chi connectivity index (χ2n) is 13.3. The van der Waals surface area contributed by atoms with Gasteiger partial charge in [-0.05, 0) is 90.1 Å². The van der Waals surface area contributed by atoms with E-state index in [9.17, 15) is 0 Å². The molecule has 0 radical (unpaired) electrons. The van der Waals surface area contributed by atoms with Crippen LogP contribution in [-0.2, 0) is 0 Å². The Bertz CT molecular complexity index is 2050. The van der Waals surface area contributed by atoms with Crippen molar-refractivity contribution in [2.45, 2.75) is 0 Å². The molecule has 0 nitrogen and oxygen atoms in total. The maximum absolute atomic E-state index is 2.72. The van der Waals surface area contributed by atoms with Crippen molar-refractivity contribution in [3.05, 3.63) is 243 Å². The predicted octanol–water partition coefficient (Wildman–Crippen LogP) is 9.36. The molecule has 0 fully saturated rings. The minimum absolute atomic E-state index is 1.37. The van der Waals surface area contributed by atoms with Gasteiger partial charge in [0.05, 0.1) is 0 Å². The fourth-order valence-corrected chi connectivity index (χ4v) is 29.5. The minimum atomic E-state index is -2.72. The molecule has 256 valence electrons. The first-order valence-electron chi connectivity index (χ1n) is 18.2. The molecule has 8 rings (SSSR count). The van der Waals surface area contributed by atoms with Gasteiger partial charge in [-0.25, -0.2) is 0 Å². The van der Waals surface area contributed by atoms with Crippen molar-refractivity contribution < 1.29 is 0 Å². The highest BCUT2D eigenvalue weighted by Gasteiger charge is 2.68.